The average molecular weight is 297 g/mol. The van der Waals surface area contributed by atoms with Crippen LogP contribution in [0.2, 0.25) is 0 Å². The van der Waals surface area contributed by atoms with Crippen LogP contribution < -0.4 is 10.9 Å². The lowest BCUT2D eigenvalue weighted by Gasteiger charge is -2.15. The average Bonchev–Trinajstić information content (AvgIpc) is 3.32. The number of nitrogens with zero attached hydrogens (tertiary/aromatic N) is 2. The minimum atomic E-state index is -0.647. The van der Waals surface area contributed by atoms with E-state index in [0.717, 1.165) is 29.8 Å². The van der Waals surface area contributed by atoms with Gasteiger partial charge in [0.05, 0.1) is 5.69 Å². The quantitative estimate of drug-likeness (QED) is 0.943. The number of rotatable bonds is 4. The topological polar surface area (TPSA) is 64.0 Å². The molecule has 0 radical (unpaired) electrons. The highest BCUT2D eigenvalue weighted by atomic mass is 16.2. The van der Waals surface area contributed by atoms with Gasteiger partial charge in [0, 0.05) is 17.7 Å². The third kappa shape index (κ3) is 3.08. The molecule has 0 bridgehead atoms. The molecule has 2 aromatic rings. The van der Waals surface area contributed by atoms with Gasteiger partial charge in [0.1, 0.15) is 6.04 Å². The zero-order valence-corrected chi connectivity index (χ0v) is 12.7. The predicted octanol–water partition coefficient (Wildman–Crippen LogP) is 2.63. The van der Waals surface area contributed by atoms with Crippen LogP contribution >= 0.6 is 0 Å². The van der Waals surface area contributed by atoms with Crippen molar-refractivity contribution in [3.63, 3.8) is 0 Å². The second kappa shape index (κ2) is 5.75. The lowest BCUT2D eigenvalue weighted by Crippen LogP contribution is -2.33. The van der Waals surface area contributed by atoms with Gasteiger partial charge in [-0.05, 0) is 50.5 Å². The van der Waals surface area contributed by atoms with Gasteiger partial charge in [-0.2, -0.15) is 5.10 Å². The molecule has 1 N–H and O–H groups in total. The summed E-state index contributed by atoms with van der Waals surface area (Å²) in [5, 5.41) is 7.19. The Kier molecular flexibility index (Phi) is 3.79. The van der Waals surface area contributed by atoms with Crippen molar-refractivity contribution in [2.75, 3.05) is 5.32 Å². The van der Waals surface area contributed by atoms with Crippen LogP contribution in [0.4, 0.5) is 5.69 Å². The van der Waals surface area contributed by atoms with Gasteiger partial charge in [-0.3, -0.25) is 9.59 Å². The fourth-order valence-corrected chi connectivity index (χ4v) is 2.39. The maximum absolute atomic E-state index is 12.4. The van der Waals surface area contributed by atoms with E-state index in [2.05, 4.69) is 10.4 Å². The third-order valence-corrected chi connectivity index (χ3v) is 3.87. The second-order valence-corrected chi connectivity index (χ2v) is 5.85. The summed E-state index contributed by atoms with van der Waals surface area (Å²) in [6.07, 6.45) is 2.21. The van der Waals surface area contributed by atoms with Crippen molar-refractivity contribution in [2.24, 2.45) is 0 Å². The molecule has 3 rings (SSSR count). The first kappa shape index (κ1) is 14.5. The van der Waals surface area contributed by atoms with Gasteiger partial charge < -0.3 is 5.32 Å². The Bertz CT molecular complexity index is 762. The van der Waals surface area contributed by atoms with Crippen molar-refractivity contribution in [1.29, 1.82) is 0 Å². The van der Waals surface area contributed by atoms with Crippen LogP contribution in [0.1, 0.15) is 43.0 Å². The minimum absolute atomic E-state index is 0.242. The van der Waals surface area contributed by atoms with Gasteiger partial charge in [-0.15, -0.1) is 0 Å². The Hall–Kier alpha value is -2.43. The first-order valence-electron chi connectivity index (χ1n) is 7.52. The van der Waals surface area contributed by atoms with E-state index in [1.807, 2.05) is 31.2 Å². The summed E-state index contributed by atoms with van der Waals surface area (Å²) < 4.78 is 1.28. The number of carbonyl (C=O) groups is 1. The zero-order valence-electron chi connectivity index (χ0n) is 12.7. The fraction of sp³-hybridized carbons (Fsp3) is 0.353. The first-order chi connectivity index (χ1) is 10.5. The van der Waals surface area contributed by atoms with Crippen LogP contribution in [0.15, 0.2) is 41.2 Å². The Balaban J connectivity index is 1.80. The largest absolute Gasteiger partial charge is 0.324 e. The van der Waals surface area contributed by atoms with Crippen molar-refractivity contribution in [3.8, 4) is 0 Å². The first-order valence-corrected chi connectivity index (χ1v) is 7.52. The van der Waals surface area contributed by atoms with E-state index >= 15 is 0 Å². The van der Waals surface area contributed by atoms with Gasteiger partial charge in [0.15, 0.2) is 0 Å². The number of carbonyl (C=O) groups excluding carboxylic acids is 1. The Morgan fingerprint density at radius 3 is 2.77 bits per heavy atom. The molecule has 0 spiro atoms. The van der Waals surface area contributed by atoms with Crippen molar-refractivity contribution < 1.29 is 4.79 Å². The maximum Gasteiger partial charge on any atom is 0.267 e. The lowest BCUT2D eigenvalue weighted by atomic mass is 10.2. The number of anilines is 1. The van der Waals surface area contributed by atoms with Gasteiger partial charge in [0.2, 0.25) is 5.91 Å². The molecule has 1 saturated carbocycles. The van der Waals surface area contributed by atoms with Crippen molar-refractivity contribution >= 4 is 11.6 Å². The second-order valence-electron chi connectivity index (χ2n) is 5.85. The molecule has 0 saturated heterocycles. The smallest absolute Gasteiger partial charge is 0.267 e. The molecule has 1 amide bonds. The molecule has 5 heteroatoms. The number of nitrogens with one attached hydrogen (secondary N) is 1. The molecule has 5 nitrogen and oxygen atoms in total. The number of benzene rings is 1. The number of aryl methyl sites for hydroxylation is 1. The normalized spacial score (nSPS) is 15.4. The molecule has 1 aliphatic carbocycles. The Morgan fingerprint density at radius 2 is 2.09 bits per heavy atom. The summed E-state index contributed by atoms with van der Waals surface area (Å²) >= 11 is 0. The van der Waals surface area contributed by atoms with Crippen LogP contribution in [0.25, 0.3) is 0 Å². The molecule has 1 aliphatic rings. The molecule has 1 heterocycles. The predicted molar refractivity (Wildman–Crippen MR) is 85.0 cm³/mol. The number of aromatic nitrogens is 2. The highest BCUT2D eigenvalue weighted by molar-refractivity contribution is 5.93. The zero-order chi connectivity index (χ0) is 15.7. The van der Waals surface area contributed by atoms with Crippen molar-refractivity contribution in [3.05, 3.63) is 58.0 Å². The minimum Gasteiger partial charge on any atom is -0.324 e. The lowest BCUT2D eigenvalue weighted by molar-refractivity contribution is -0.119. The molecule has 1 aromatic heterocycles. The summed E-state index contributed by atoms with van der Waals surface area (Å²) in [5.74, 6) is 0.201. The van der Waals surface area contributed by atoms with E-state index in [1.165, 1.54) is 10.7 Å². The van der Waals surface area contributed by atoms with Crippen LogP contribution in [0.5, 0.6) is 0 Å². The molecular formula is C17H19N3O2. The fourth-order valence-electron chi connectivity index (χ4n) is 2.39. The molecule has 1 atom stereocenters. The van der Waals surface area contributed by atoms with E-state index in [-0.39, 0.29) is 11.5 Å². The Labute approximate surface area is 129 Å². The van der Waals surface area contributed by atoms with Crippen molar-refractivity contribution in [1.82, 2.24) is 9.78 Å². The van der Waals surface area contributed by atoms with Gasteiger partial charge in [-0.1, -0.05) is 12.1 Å². The monoisotopic (exact) mass is 297 g/mol. The van der Waals surface area contributed by atoms with Gasteiger partial charge >= 0.3 is 0 Å². The number of amides is 1. The molecule has 22 heavy (non-hydrogen) atoms. The molecular weight excluding hydrogens is 278 g/mol. The van der Waals surface area contributed by atoms with E-state index in [0.29, 0.717) is 5.92 Å². The standard InChI is InChI=1S/C17H19N3O2/c1-11-4-3-5-14(10-11)18-17(22)12(2)20-16(21)9-8-15(19-20)13-6-7-13/h3-5,8-10,12-13H,6-7H2,1-2H3,(H,18,22)/t12-/m1/s1. The maximum atomic E-state index is 12.4. The van der Waals surface area contributed by atoms with Gasteiger partial charge in [0.25, 0.3) is 5.56 Å². The Morgan fingerprint density at radius 1 is 1.32 bits per heavy atom. The summed E-state index contributed by atoms with van der Waals surface area (Å²) in [5.41, 5.74) is 2.44. The van der Waals surface area contributed by atoms with Crippen LogP contribution in [0, 0.1) is 6.92 Å². The number of hydrogen-bond acceptors (Lipinski definition) is 3. The number of hydrogen-bond donors (Lipinski definition) is 1. The molecule has 1 fully saturated rings. The van der Waals surface area contributed by atoms with Crippen LogP contribution in [-0.4, -0.2) is 15.7 Å². The van der Waals surface area contributed by atoms with E-state index in [4.69, 9.17) is 0 Å². The molecule has 1 aromatic carbocycles. The van der Waals surface area contributed by atoms with Crippen LogP contribution in [0.3, 0.4) is 0 Å². The summed E-state index contributed by atoms with van der Waals surface area (Å²) in [6.45, 7) is 3.65. The summed E-state index contributed by atoms with van der Waals surface area (Å²) in [7, 11) is 0. The highest BCUT2D eigenvalue weighted by Crippen LogP contribution is 2.38. The SMILES string of the molecule is Cc1cccc(NC(=O)[C@@H](C)n2nc(C3CC3)ccc2=O)c1. The highest BCUT2D eigenvalue weighted by Gasteiger charge is 2.27. The third-order valence-electron chi connectivity index (χ3n) is 3.87. The van der Waals surface area contributed by atoms with Crippen molar-refractivity contribution in [2.45, 2.75) is 38.6 Å². The summed E-state index contributed by atoms with van der Waals surface area (Å²) in [6, 6.07) is 10.2. The van der Waals surface area contributed by atoms with Crippen LogP contribution in [-0.2, 0) is 4.79 Å². The molecule has 0 aliphatic heterocycles. The van der Waals surface area contributed by atoms with Gasteiger partial charge in [-0.25, -0.2) is 4.68 Å². The molecule has 114 valence electrons. The van der Waals surface area contributed by atoms with E-state index in [1.54, 1.807) is 13.0 Å². The molecule has 0 unspecified atom stereocenters. The summed E-state index contributed by atoms with van der Waals surface area (Å²) in [4.78, 5) is 24.3. The van der Waals surface area contributed by atoms with E-state index < -0.39 is 6.04 Å². The van der Waals surface area contributed by atoms with E-state index in [9.17, 15) is 9.59 Å².